The Morgan fingerprint density at radius 1 is 1.16 bits per heavy atom. The molecule has 4 aromatic rings. The Kier molecular flexibility index (Phi) is 7.65. The minimum atomic E-state index is -0.144. The van der Waals surface area contributed by atoms with Crippen LogP contribution in [0.3, 0.4) is 0 Å². The lowest BCUT2D eigenvalue weighted by Gasteiger charge is -2.23. The lowest BCUT2D eigenvalue weighted by atomic mass is 10.1. The number of para-hydroxylation sites is 1. The first-order valence-corrected chi connectivity index (χ1v) is 13.0. The third-order valence-electron chi connectivity index (χ3n) is 6.51. The molecular formula is C31H33N5O2. The second-order valence-corrected chi connectivity index (χ2v) is 9.78. The van der Waals surface area contributed by atoms with Crippen molar-refractivity contribution < 1.29 is 9.53 Å². The van der Waals surface area contributed by atoms with E-state index in [4.69, 9.17) is 9.84 Å². The molecule has 38 heavy (non-hydrogen) atoms. The third kappa shape index (κ3) is 5.84. The molecule has 1 saturated heterocycles. The summed E-state index contributed by atoms with van der Waals surface area (Å²) < 4.78 is 8.10. The zero-order valence-electron chi connectivity index (χ0n) is 21.9. The molecule has 2 N–H and O–H groups in total. The van der Waals surface area contributed by atoms with E-state index in [0.29, 0.717) is 12.1 Å². The molecule has 194 valence electrons. The number of aromatic nitrogens is 3. The van der Waals surface area contributed by atoms with Gasteiger partial charge in [0, 0.05) is 30.4 Å². The van der Waals surface area contributed by atoms with Gasteiger partial charge in [-0.3, -0.25) is 9.78 Å². The Morgan fingerprint density at radius 2 is 2.03 bits per heavy atom. The number of hydrogen-bond acceptors (Lipinski definition) is 5. The number of pyridine rings is 1. The Bertz CT molecular complexity index is 1500. The summed E-state index contributed by atoms with van der Waals surface area (Å²) in [4.78, 5) is 17.3. The summed E-state index contributed by atoms with van der Waals surface area (Å²) in [5, 5.41) is 12.4. The molecule has 1 aliphatic rings. The minimum Gasteiger partial charge on any atom is -0.356 e. The van der Waals surface area contributed by atoms with Crippen molar-refractivity contribution in [2.45, 2.75) is 39.3 Å². The molecule has 0 spiro atoms. The van der Waals surface area contributed by atoms with Gasteiger partial charge in [0.2, 0.25) is 0 Å². The topological polar surface area (TPSA) is 81.1 Å². The van der Waals surface area contributed by atoms with Gasteiger partial charge in [-0.25, -0.2) is 4.68 Å². The van der Waals surface area contributed by atoms with Crippen molar-refractivity contribution in [3.63, 3.8) is 0 Å². The average molecular weight is 508 g/mol. The first-order valence-electron chi connectivity index (χ1n) is 13.0. The molecule has 7 nitrogen and oxygen atoms in total. The van der Waals surface area contributed by atoms with Crippen molar-refractivity contribution in [1.82, 2.24) is 20.1 Å². The van der Waals surface area contributed by atoms with Gasteiger partial charge >= 0.3 is 0 Å². The first kappa shape index (κ1) is 25.4. The summed E-state index contributed by atoms with van der Waals surface area (Å²) in [5.74, 6) is -0.144. The van der Waals surface area contributed by atoms with Crippen LogP contribution in [-0.4, -0.2) is 33.8 Å². The zero-order valence-corrected chi connectivity index (χ0v) is 21.9. The lowest BCUT2D eigenvalue weighted by Crippen LogP contribution is -2.25. The van der Waals surface area contributed by atoms with Gasteiger partial charge in [-0.2, -0.15) is 5.10 Å². The standard InChI is InChI=1S/C31H33N5O2/c1-21(2)20-33-31(37)26-8-4-5-9-27(26)34-24-11-13-25-28(14-12-23-18-22(3)15-16-32-23)35-36(29(25)19-24)30-10-6-7-17-38-30/h4-5,8-9,11-16,18-19,30,34H,1,6-7,10,17,20H2,2-3H3,(H,33,37)/b14-12+. The molecular weight excluding hydrogens is 474 g/mol. The Hall–Kier alpha value is -4.23. The van der Waals surface area contributed by atoms with Crippen LogP contribution in [0.15, 0.2) is 72.9 Å². The second-order valence-electron chi connectivity index (χ2n) is 9.78. The molecule has 2 aromatic carbocycles. The number of benzene rings is 2. The molecule has 2 aromatic heterocycles. The lowest BCUT2D eigenvalue weighted by molar-refractivity contribution is -0.0367. The van der Waals surface area contributed by atoms with Crippen LogP contribution < -0.4 is 10.6 Å². The van der Waals surface area contributed by atoms with E-state index in [-0.39, 0.29) is 12.1 Å². The number of fused-ring (bicyclic) bond motifs is 1. The highest BCUT2D eigenvalue weighted by molar-refractivity contribution is 6.01. The molecule has 0 saturated carbocycles. The Balaban J connectivity index is 1.49. The van der Waals surface area contributed by atoms with Gasteiger partial charge in [-0.1, -0.05) is 24.3 Å². The van der Waals surface area contributed by atoms with Crippen LogP contribution in [0.1, 0.15) is 59.7 Å². The first-order chi connectivity index (χ1) is 18.5. The number of ether oxygens (including phenoxy) is 1. The van der Waals surface area contributed by atoms with E-state index in [0.717, 1.165) is 70.7 Å². The quantitative estimate of drug-likeness (QED) is 0.261. The number of amides is 1. The Labute approximate surface area is 223 Å². The summed E-state index contributed by atoms with van der Waals surface area (Å²) in [6.45, 7) is 8.98. The summed E-state index contributed by atoms with van der Waals surface area (Å²) >= 11 is 0. The largest absolute Gasteiger partial charge is 0.356 e. The maximum Gasteiger partial charge on any atom is 0.253 e. The van der Waals surface area contributed by atoms with Gasteiger partial charge in [-0.05, 0) is 93.3 Å². The fourth-order valence-electron chi connectivity index (χ4n) is 4.59. The number of aryl methyl sites for hydroxylation is 1. The number of carbonyl (C=O) groups excluding carboxylic acids is 1. The number of nitrogens with zero attached hydrogens (tertiary/aromatic N) is 3. The second kappa shape index (κ2) is 11.4. The van der Waals surface area contributed by atoms with Gasteiger partial charge in [-0.15, -0.1) is 0 Å². The van der Waals surface area contributed by atoms with E-state index in [1.807, 2.05) is 72.4 Å². The Morgan fingerprint density at radius 3 is 2.82 bits per heavy atom. The van der Waals surface area contributed by atoms with Crippen molar-refractivity contribution in [1.29, 1.82) is 0 Å². The van der Waals surface area contributed by atoms with Crippen LogP contribution >= 0.6 is 0 Å². The van der Waals surface area contributed by atoms with Gasteiger partial charge < -0.3 is 15.4 Å². The van der Waals surface area contributed by atoms with Crippen LogP contribution in [0.5, 0.6) is 0 Å². The van der Waals surface area contributed by atoms with Gasteiger partial charge in [0.15, 0.2) is 6.23 Å². The molecule has 5 rings (SSSR count). The fourth-order valence-corrected chi connectivity index (χ4v) is 4.59. The molecule has 3 heterocycles. The summed E-state index contributed by atoms with van der Waals surface area (Å²) in [6.07, 6.45) is 8.80. The SMILES string of the molecule is C=C(C)CNC(=O)c1ccccc1Nc1ccc2c(/C=C/c3cc(C)ccn3)nn(C3CCCCO3)c2c1. The average Bonchev–Trinajstić information content (AvgIpc) is 3.29. The summed E-state index contributed by atoms with van der Waals surface area (Å²) in [7, 11) is 0. The highest BCUT2D eigenvalue weighted by atomic mass is 16.5. The van der Waals surface area contributed by atoms with Crippen LogP contribution in [-0.2, 0) is 4.74 Å². The molecule has 1 amide bonds. The summed E-state index contributed by atoms with van der Waals surface area (Å²) in [6, 6.07) is 17.7. The smallest absolute Gasteiger partial charge is 0.253 e. The number of carbonyl (C=O) groups is 1. The van der Waals surface area contributed by atoms with E-state index in [9.17, 15) is 4.79 Å². The van der Waals surface area contributed by atoms with Crippen LogP contribution in [0.4, 0.5) is 11.4 Å². The number of hydrogen-bond donors (Lipinski definition) is 2. The predicted molar refractivity (Wildman–Crippen MR) is 153 cm³/mol. The van der Waals surface area contributed by atoms with E-state index < -0.39 is 0 Å². The van der Waals surface area contributed by atoms with E-state index in [1.165, 1.54) is 0 Å². The van der Waals surface area contributed by atoms with Crippen molar-refractivity contribution >= 4 is 40.3 Å². The van der Waals surface area contributed by atoms with Crippen molar-refractivity contribution in [2.75, 3.05) is 18.5 Å². The molecule has 0 bridgehead atoms. The fraction of sp³-hybridized carbons (Fsp3) is 0.258. The maximum absolute atomic E-state index is 12.8. The molecule has 1 aliphatic heterocycles. The van der Waals surface area contributed by atoms with Gasteiger partial charge in [0.05, 0.1) is 28.2 Å². The molecule has 1 unspecified atom stereocenters. The van der Waals surface area contributed by atoms with Crippen LogP contribution in [0.2, 0.25) is 0 Å². The number of nitrogens with one attached hydrogen (secondary N) is 2. The normalized spacial score (nSPS) is 15.6. The number of rotatable bonds is 8. The van der Waals surface area contributed by atoms with E-state index in [2.05, 4.69) is 41.3 Å². The van der Waals surface area contributed by atoms with Gasteiger partial charge in [0.25, 0.3) is 5.91 Å². The van der Waals surface area contributed by atoms with E-state index >= 15 is 0 Å². The number of anilines is 2. The van der Waals surface area contributed by atoms with Crippen molar-refractivity contribution in [3.05, 3.63) is 95.5 Å². The monoisotopic (exact) mass is 507 g/mol. The molecule has 7 heteroatoms. The maximum atomic E-state index is 12.8. The van der Waals surface area contributed by atoms with Crippen molar-refractivity contribution in [2.24, 2.45) is 0 Å². The van der Waals surface area contributed by atoms with Crippen molar-refractivity contribution in [3.8, 4) is 0 Å². The molecule has 1 fully saturated rings. The predicted octanol–water partition coefficient (Wildman–Crippen LogP) is 6.66. The third-order valence-corrected chi connectivity index (χ3v) is 6.51. The minimum absolute atomic E-state index is 0.110. The summed E-state index contributed by atoms with van der Waals surface area (Å²) in [5.41, 5.74) is 6.97. The molecule has 0 aliphatic carbocycles. The van der Waals surface area contributed by atoms with Crippen LogP contribution in [0.25, 0.3) is 23.1 Å². The molecule has 0 radical (unpaired) electrons. The zero-order chi connectivity index (χ0) is 26.5. The van der Waals surface area contributed by atoms with E-state index in [1.54, 1.807) is 0 Å². The van der Waals surface area contributed by atoms with Gasteiger partial charge in [0.1, 0.15) is 0 Å². The highest BCUT2D eigenvalue weighted by Crippen LogP contribution is 2.32. The highest BCUT2D eigenvalue weighted by Gasteiger charge is 2.21. The van der Waals surface area contributed by atoms with Crippen LogP contribution in [0, 0.1) is 6.92 Å². The molecule has 1 atom stereocenters.